The molecular formula is C18H13Br2NO2S2. The number of rotatable bonds is 3. The van der Waals surface area contributed by atoms with Gasteiger partial charge in [-0.15, -0.1) is 0 Å². The van der Waals surface area contributed by atoms with Crippen molar-refractivity contribution in [3.05, 3.63) is 61.4 Å². The van der Waals surface area contributed by atoms with Gasteiger partial charge in [0.05, 0.1) is 22.2 Å². The standard InChI is InChI=1S/C18H13Br2NO2S2/c1-10-4-3-5-13(6-10)21-17(22)15(25-18(21)24)8-11-7-12(19)9-14(20)16(11)23-2/h3-9H,1-2H3/b15-8+. The molecule has 2 aromatic rings. The number of benzene rings is 2. The average molecular weight is 499 g/mol. The number of methoxy groups -OCH3 is 1. The van der Waals surface area contributed by atoms with Gasteiger partial charge in [0.15, 0.2) is 4.32 Å². The van der Waals surface area contributed by atoms with Crippen molar-refractivity contribution >= 4 is 77.8 Å². The van der Waals surface area contributed by atoms with Crippen LogP contribution >= 0.6 is 55.8 Å². The van der Waals surface area contributed by atoms with Crippen molar-refractivity contribution in [2.24, 2.45) is 0 Å². The monoisotopic (exact) mass is 497 g/mol. The lowest BCUT2D eigenvalue weighted by molar-refractivity contribution is -0.113. The minimum Gasteiger partial charge on any atom is -0.495 e. The van der Waals surface area contributed by atoms with E-state index in [2.05, 4.69) is 31.9 Å². The molecule has 3 nitrogen and oxygen atoms in total. The molecule has 1 aliphatic rings. The molecule has 0 atom stereocenters. The smallest absolute Gasteiger partial charge is 0.270 e. The maximum absolute atomic E-state index is 12.9. The molecule has 0 aliphatic carbocycles. The van der Waals surface area contributed by atoms with Crippen molar-refractivity contribution in [3.8, 4) is 5.75 Å². The van der Waals surface area contributed by atoms with Crippen LogP contribution in [0.1, 0.15) is 11.1 Å². The topological polar surface area (TPSA) is 29.5 Å². The summed E-state index contributed by atoms with van der Waals surface area (Å²) in [5, 5.41) is 0. The predicted octanol–water partition coefficient (Wildman–Crippen LogP) is 5.93. The molecule has 0 N–H and O–H groups in total. The third kappa shape index (κ3) is 3.84. The van der Waals surface area contributed by atoms with Gasteiger partial charge in [0.2, 0.25) is 0 Å². The molecule has 0 aromatic heterocycles. The Morgan fingerprint density at radius 3 is 2.68 bits per heavy atom. The van der Waals surface area contributed by atoms with Gasteiger partial charge in [-0.05, 0) is 58.8 Å². The van der Waals surface area contributed by atoms with Crippen LogP contribution < -0.4 is 9.64 Å². The van der Waals surface area contributed by atoms with Gasteiger partial charge in [0, 0.05) is 10.0 Å². The molecule has 1 amide bonds. The van der Waals surface area contributed by atoms with Crippen LogP contribution in [0.2, 0.25) is 0 Å². The molecule has 25 heavy (non-hydrogen) atoms. The van der Waals surface area contributed by atoms with Crippen LogP contribution in [0, 0.1) is 6.92 Å². The van der Waals surface area contributed by atoms with Gasteiger partial charge in [-0.2, -0.15) is 0 Å². The zero-order valence-corrected chi connectivity index (χ0v) is 18.2. The maximum Gasteiger partial charge on any atom is 0.270 e. The van der Waals surface area contributed by atoms with Crippen molar-refractivity contribution in [2.45, 2.75) is 6.92 Å². The van der Waals surface area contributed by atoms with Crippen molar-refractivity contribution in [3.63, 3.8) is 0 Å². The Bertz CT molecular complexity index is 912. The Labute approximate surface area is 172 Å². The summed E-state index contributed by atoms with van der Waals surface area (Å²) in [6.45, 7) is 1.99. The first kappa shape index (κ1) is 18.6. The third-order valence-electron chi connectivity index (χ3n) is 3.58. The summed E-state index contributed by atoms with van der Waals surface area (Å²) in [6, 6.07) is 11.5. The van der Waals surface area contributed by atoms with E-state index >= 15 is 0 Å². The molecule has 1 heterocycles. The van der Waals surface area contributed by atoms with Gasteiger partial charge in [-0.25, -0.2) is 0 Å². The lowest BCUT2D eigenvalue weighted by Crippen LogP contribution is -2.27. The Balaban J connectivity index is 2.02. The number of thioether (sulfide) groups is 1. The van der Waals surface area contributed by atoms with E-state index in [9.17, 15) is 4.79 Å². The summed E-state index contributed by atoms with van der Waals surface area (Å²) in [5.41, 5.74) is 2.66. The number of hydrogen-bond acceptors (Lipinski definition) is 4. The Hall–Kier alpha value is -1.15. The minimum absolute atomic E-state index is 0.126. The number of anilines is 1. The first-order valence-electron chi connectivity index (χ1n) is 7.28. The fourth-order valence-corrected chi connectivity index (χ4v) is 5.21. The van der Waals surface area contributed by atoms with Gasteiger partial charge in [0.25, 0.3) is 5.91 Å². The highest BCUT2D eigenvalue weighted by molar-refractivity contribution is 9.11. The molecule has 0 spiro atoms. The zero-order valence-electron chi connectivity index (χ0n) is 13.4. The van der Waals surface area contributed by atoms with Crippen molar-refractivity contribution < 1.29 is 9.53 Å². The Kier molecular flexibility index (Phi) is 5.68. The van der Waals surface area contributed by atoms with Crippen LogP contribution in [0.25, 0.3) is 6.08 Å². The van der Waals surface area contributed by atoms with Crippen LogP contribution in [0.3, 0.4) is 0 Å². The lowest BCUT2D eigenvalue weighted by atomic mass is 10.1. The van der Waals surface area contributed by atoms with Gasteiger partial charge in [0.1, 0.15) is 5.75 Å². The highest BCUT2D eigenvalue weighted by atomic mass is 79.9. The first-order valence-corrected chi connectivity index (χ1v) is 10.1. The van der Waals surface area contributed by atoms with E-state index < -0.39 is 0 Å². The summed E-state index contributed by atoms with van der Waals surface area (Å²) < 4.78 is 7.67. The van der Waals surface area contributed by atoms with Gasteiger partial charge < -0.3 is 4.74 Å². The molecule has 7 heteroatoms. The molecule has 128 valence electrons. The second-order valence-electron chi connectivity index (χ2n) is 5.37. The van der Waals surface area contributed by atoms with E-state index in [-0.39, 0.29) is 5.91 Å². The second kappa shape index (κ2) is 7.61. The zero-order chi connectivity index (χ0) is 18.1. The second-order valence-corrected chi connectivity index (χ2v) is 8.81. The number of thiocarbonyl (C=S) groups is 1. The summed E-state index contributed by atoms with van der Waals surface area (Å²) in [5.74, 6) is 0.544. The quantitative estimate of drug-likeness (QED) is 0.387. The van der Waals surface area contributed by atoms with E-state index in [1.54, 1.807) is 12.0 Å². The van der Waals surface area contributed by atoms with Crippen molar-refractivity contribution in [2.75, 3.05) is 12.0 Å². The largest absolute Gasteiger partial charge is 0.495 e. The van der Waals surface area contributed by atoms with Crippen LogP contribution in [0.4, 0.5) is 5.69 Å². The molecule has 2 aromatic carbocycles. The minimum atomic E-state index is -0.126. The number of amides is 1. The molecule has 0 radical (unpaired) electrons. The maximum atomic E-state index is 12.9. The SMILES string of the molecule is COc1c(Br)cc(Br)cc1/C=C1/SC(=S)N(c2cccc(C)c2)C1=O. The predicted molar refractivity (Wildman–Crippen MR) is 115 cm³/mol. The van der Waals surface area contributed by atoms with Crippen LogP contribution in [0.15, 0.2) is 50.2 Å². The number of halogens is 2. The van der Waals surface area contributed by atoms with Crippen LogP contribution in [0.5, 0.6) is 5.75 Å². The summed E-state index contributed by atoms with van der Waals surface area (Å²) in [4.78, 5) is 15.0. The summed E-state index contributed by atoms with van der Waals surface area (Å²) in [7, 11) is 1.60. The molecule has 1 saturated heterocycles. The number of carbonyl (C=O) groups is 1. The molecular weight excluding hydrogens is 486 g/mol. The molecule has 0 saturated carbocycles. The van der Waals surface area contributed by atoms with Gasteiger partial charge in [-0.3, -0.25) is 9.69 Å². The van der Waals surface area contributed by atoms with Gasteiger partial charge >= 0.3 is 0 Å². The van der Waals surface area contributed by atoms with Gasteiger partial charge in [-0.1, -0.05) is 52.0 Å². The average Bonchev–Trinajstić information content (AvgIpc) is 2.81. The number of hydrogen-bond donors (Lipinski definition) is 0. The van der Waals surface area contributed by atoms with E-state index in [1.807, 2.05) is 49.4 Å². The first-order chi connectivity index (χ1) is 11.9. The number of aryl methyl sites for hydroxylation is 1. The van der Waals surface area contributed by atoms with E-state index in [1.165, 1.54) is 11.8 Å². The molecule has 0 bridgehead atoms. The fraction of sp³-hybridized carbons (Fsp3) is 0.111. The number of ether oxygens (including phenoxy) is 1. The molecule has 1 fully saturated rings. The highest BCUT2D eigenvalue weighted by Crippen LogP contribution is 2.39. The third-order valence-corrected chi connectivity index (χ3v) is 5.93. The van der Waals surface area contributed by atoms with Crippen LogP contribution in [-0.2, 0) is 4.79 Å². The van der Waals surface area contributed by atoms with E-state index in [0.29, 0.717) is 15.0 Å². The highest BCUT2D eigenvalue weighted by Gasteiger charge is 2.33. The van der Waals surface area contributed by atoms with E-state index in [0.717, 1.165) is 25.8 Å². The lowest BCUT2D eigenvalue weighted by Gasteiger charge is -2.15. The van der Waals surface area contributed by atoms with Crippen molar-refractivity contribution in [1.82, 2.24) is 0 Å². The van der Waals surface area contributed by atoms with Crippen molar-refractivity contribution in [1.29, 1.82) is 0 Å². The summed E-state index contributed by atoms with van der Waals surface area (Å²) >= 11 is 13.7. The number of carbonyl (C=O) groups excluding carboxylic acids is 1. The molecule has 3 rings (SSSR count). The van der Waals surface area contributed by atoms with Crippen LogP contribution in [-0.4, -0.2) is 17.3 Å². The number of nitrogens with zero attached hydrogens (tertiary/aromatic N) is 1. The Morgan fingerprint density at radius 1 is 1.24 bits per heavy atom. The normalized spacial score (nSPS) is 16.0. The van der Waals surface area contributed by atoms with E-state index in [4.69, 9.17) is 17.0 Å². The molecule has 0 unspecified atom stereocenters. The Morgan fingerprint density at radius 2 is 2.00 bits per heavy atom. The fourth-order valence-electron chi connectivity index (χ4n) is 2.50. The summed E-state index contributed by atoms with van der Waals surface area (Å²) in [6.07, 6.45) is 1.81. The molecule has 1 aliphatic heterocycles.